The van der Waals surface area contributed by atoms with Crippen molar-refractivity contribution in [2.24, 2.45) is 0 Å². The molecule has 960 valence electrons. The molecule has 0 atom stereocenters. The molecule has 0 aliphatic heterocycles. The molecule has 0 saturated carbocycles. The summed E-state index contributed by atoms with van der Waals surface area (Å²) in [4.78, 5) is 90.0. The predicted molar refractivity (Wildman–Crippen MR) is 585 cm³/mol. The molecule has 0 amide bonds. The van der Waals surface area contributed by atoms with E-state index in [-0.39, 0.29) is 554 Å². The zero-order chi connectivity index (χ0) is 35.8. The highest BCUT2D eigenvalue weighted by atomic mass is 16.4. The van der Waals surface area contributed by atoms with Crippen LogP contribution in [-0.2, 0) is 47.9 Å². The molecule has 0 radical (unpaired) electrons. The van der Waals surface area contributed by atoms with Crippen LogP contribution in [0.5, 0.6) is 0 Å². The third kappa shape index (κ3) is 21000. The molecule has 0 fully saturated rings. The van der Waals surface area contributed by atoms with Crippen LogP contribution in [0.2, 0.25) is 0 Å². The molecule has 0 unspecified atom stereocenters. The molecule has 0 heterocycles. The Hall–Kier alpha value is -8.90. The highest BCUT2D eigenvalue weighted by molar-refractivity contribution is 5.65. The molecule has 0 aromatic carbocycles. The predicted octanol–water partition coefficient (Wildman–Crippen LogP) is 15.5. The van der Waals surface area contributed by atoms with Crippen molar-refractivity contribution in [2.45, 2.75) is 69.2 Å². The Bertz CT molecular complexity index is 585. The fourth-order valence-corrected chi connectivity index (χ4v) is 0. The molecular weight excluding hydrogens is 1820 g/mol. The van der Waals surface area contributed by atoms with E-state index >= 15 is 0 Å². The van der Waals surface area contributed by atoms with E-state index in [2.05, 4.69) is 0 Å². The molecule has 0 saturated heterocycles. The van der Waals surface area contributed by atoms with Crippen molar-refractivity contribution >= 4 is 59.7 Å². The molecule has 0 aliphatic carbocycles. The van der Waals surface area contributed by atoms with Gasteiger partial charge in [0.25, 0.3) is 59.7 Å². The molecule has 110 heteroatoms. The number of carboxylic acid groups (broad SMARTS) is 10. The summed E-state index contributed by atoms with van der Waals surface area (Å²) in [7, 11) is 0. The maximum Gasteiger partial charge on any atom is 0.300 e. The normalized spacial score (nSPS) is 1.92. The van der Waals surface area contributed by atoms with Crippen molar-refractivity contribution in [1.29, 1.82) is 0 Å². The van der Waals surface area contributed by atoms with Gasteiger partial charge >= 0.3 is 0 Å². The molecule has 0 aromatic rings. The molecule has 0 aromatic heterocycles. The monoisotopic (exact) mass is 2130 g/mol. The summed E-state index contributed by atoms with van der Waals surface area (Å²) < 4.78 is 0. The van der Waals surface area contributed by atoms with Crippen LogP contribution in [0.25, 0.3) is 0 Å². The first-order valence-electron chi connectivity index (χ1n) is 9.28. The molecule has 0 spiro atoms. The van der Waals surface area contributed by atoms with Crippen LogP contribution in [0, 0.1) is 0 Å². The summed E-state index contributed by atoms with van der Waals surface area (Å²) in [5.41, 5.74) is 0. The van der Waals surface area contributed by atoms with Gasteiger partial charge in [0.05, 0.1) is 0 Å². The average Bonchev–Trinajstić information content (AvgIpc) is 2.47. The highest BCUT2D eigenvalue weighted by Gasteiger charge is 1.68. The third-order valence-electron chi connectivity index (χ3n) is 0. The van der Waals surface area contributed by atoms with Crippen LogP contribution in [0.15, 0.2) is 0 Å². The first kappa shape index (κ1) is 3920. The highest BCUT2D eigenvalue weighted by Crippen LogP contribution is 1.45. The minimum absolute atomic E-state index is 0. The number of carboxylic acids is 10. The number of aliphatic carboxylic acids is 10. The lowest BCUT2D eigenvalue weighted by Gasteiger charge is -1.59. The molecular formula is C20H310N90O20. The van der Waals surface area contributed by atoms with Gasteiger partial charge in [-0.25, -0.2) is 0 Å². The van der Waals surface area contributed by atoms with E-state index in [0.717, 1.165) is 69.2 Å². The third-order valence-corrected chi connectivity index (χ3v) is 0. The Morgan fingerprint density at radius 1 is 0.0692 bits per heavy atom. The Morgan fingerprint density at radius 2 is 0.0692 bits per heavy atom. The number of hydrogen-bond acceptors (Lipinski definition) is 100. The van der Waals surface area contributed by atoms with E-state index in [1.54, 1.807) is 0 Å². The van der Waals surface area contributed by atoms with Crippen LogP contribution < -0.4 is 554 Å². The molecule has 280 N–H and O–H groups in total. The lowest BCUT2D eigenvalue weighted by molar-refractivity contribution is -0.135. The lowest BCUT2D eigenvalue weighted by Crippen LogP contribution is -1.78. The summed E-state index contributed by atoms with van der Waals surface area (Å²) >= 11 is 0. The van der Waals surface area contributed by atoms with Gasteiger partial charge in [0.2, 0.25) is 0 Å². The van der Waals surface area contributed by atoms with Crippen molar-refractivity contribution in [1.82, 2.24) is 554 Å². The van der Waals surface area contributed by atoms with Gasteiger partial charge in [-0.3, -0.25) is 47.9 Å². The molecule has 130 heavy (non-hydrogen) atoms. The van der Waals surface area contributed by atoms with Crippen LogP contribution in [0.4, 0.5) is 0 Å². The van der Waals surface area contributed by atoms with E-state index in [1.165, 1.54) is 0 Å². The second-order valence-electron chi connectivity index (χ2n) is 5.19. The fourth-order valence-electron chi connectivity index (χ4n) is 0. The number of hydrogen-bond donors (Lipinski definition) is 100. The van der Waals surface area contributed by atoms with Gasteiger partial charge in [-0.05, 0) is 0 Å². The summed E-state index contributed by atoms with van der Waals surface area (Å²) in [5, 5.41) is 74.2. The summed E-state index contributed by atoms with van der Waals surface area (Å²) in [6, 6.07) is 0. The van der Waals surface area contributed by atoms with Crippen molar-refractivity contribution < 1.29 is 99.0 Å². The Kier molecular flexibility index (Phi) is 115000. The number of rotatable bonds is 0. The van der Waals surface area contributed by atoms with E-state index in [0.29, 0.717) is 0 Å². The Balaban J connectivity index is -0.000000000729. The lowest BCUT2D eigenvalue weighted by atomic mass is 10.9. The van der Waals surface area contributed by atoms with E-state index in [9.17, 15) is 0 Å². The second kappa shape index (κ2) is 3830. The maximum atomic E-state index is 9.00. The zero-order valence-electron chi connectivity index (χ0n) is 87.2. The minimum atomic E-state index is -0.833. The van der Waals surface area contributed by atoms with Gasteiger partial charge in [0.1, 0.15) is 0 Å². The molecule has 0 bridgehead atoms. The largest absolute Gasteiger partial charge is 0.481 e. The summed E-state index contributed by atoms with van der Waals surface area (Å²) in [5.74, 6) is -8.33. The summed E-state index contributed by atoms with van der Waals surface area (Å²) in [6.07, 6.45) is 0. The van der Waals surface area contributed by atoms with Gasteiger partial charge in [0, 0.05) is 69.2 Å². The van der Waals surface area contributed by atoms with E-state index < -0.39 is 59.7 Å². The first-order valence-corrected chi connectivity index (χ1v) is 9.28. The molecule has 110 nitrogen and oxygen atoms in total. The SMILES string of the molecule is CC(=O)O.CC(=O)O.CC(=O)O.CC(=O)O.CC(=O)O.CC(=O)O.CC(=O)O.CC(=O)O.CC(=O)O.CC(=O)O.N.N.N.N.N.N.N.N.N.N.N.N.N.N.N.N.N.N.N.N.N.N.N.N.N.N.N.N.N.N.N.N.N.N.N.N.N.N.N.N.N.N.N.N.N.N.N.N.N.N.N.N.N.N.N.N.N.N.N.N.N.N.N.N.N.N.N.N.N.N.N.N.N.N.N.N.N.N.N.N.N.N.N.N.N.N.N.N.N.N. The average molecular weight is 2130 g/mol. The Labute approximate surface area is 781 Å². The van der Waals surface area contributed by atoms with Gasteiger partial charge in [0.15, 0.2) is 0 Å². The fraction of sp³-hybridized carbons (Fsp3) is 0.500. The minimum Gasteiger partial charge on any atom is -0.481 e. The van der Waals surface area contributed by atoms with Crippen LogP contribution in [0.3, 0.4) is 0 Å². The maximum absolute atomic E-state index is 9.00. The molecule has 0 aliphatic rings. The van der Waals surface area contributed by atoms with Crippen LogP contribution >= 0.6 is 0 Å². The second-order valence-corrected chi connectivity index (χ2v) is 5.19. The van der Waals surface area contributed by atoms with Gasteiger partial charge in [-0.15, -0.1) is 0 Å². The van der Waals surface area contributed by atoms with Gasteiger partial charge < -0.3 is 605 Å². The van der Waals surface area contributed by atoms with Gasteiger partial charge in [-0.2, -0.15) is 0 Å². The van der Waals surface area contributed by atoms with Crippen LogP contribution in [0.1, 0.15) is 69.2 Å². The summed E-state index contributed by atoms with van der Waals surface area (Å²) in [6.45, 7) is 10.8. The smallest absolute Gasteiger partial charge is 0.300 e. The topological polar surface area (TPSA) is 3520 Å². The number of carbonyl (C=O) groups is 10. The van der Waals surface area contributed by atoms with Gasteiger partial charge in [-0.1, -0.05) is 0 Å². The van der Waals surface area contributed by atoms with Crippen LogP contribution in [-0.4, -0.2) is 111 Å². The first-order chi connectivity index (χ1) is 17.3. The molecule has 0 rings (SSSR count). The van der Waals surface area contributed by atoms with Crippen molar-refractivity contribution in [3.8, 4) is 0 Å². The quantitative estimate of drug-likeness (QED) is 0.107. The Morgan fingerprint density at radius 3 is 0.0692 bits per heavy atom. The van der Waals surface area contributed by atoms with Crippen molar-refractivity contribution in [2.75, 3.05) is 0 Å². The van der Waals surface area contributed by atoms with E-state index in [1.807, 2.05) is 0 Å². The van der Waals surface area contributed by atoms with Crippen molar-refractivity contribution in [3.63, 3.8) is 0 Å². The van der Waals surface area contributed by atoms with E-state index in [4.69, 9.17) is 99.0 Å². The standard InChI is InChI=1S/10C2H4O2.90H3N/c10*1-2(3)4;;;;;;;;;;;;;;;;;;;;;;;;;;;;;;;;;;;;;;;;;;;;;;;;;;;;;;;;;;;;;;;;;;;;;;;;;;;;;;;;;;;;;;;;;;/h10*1H3,(H,3,4);90*1H3. The zero-order valence-corrected chi connectivity index (χ0v) is 87.2. The van der Waals surface area contributed by atoms with Crippen molar-refractivity contribution in [3.05, 3.63) is 0 Å².